The van der Waals surface area contributed by atoms with Gasteiger partial charge in [0.1, 0.15) is 11.1 Å². The first-order valence-electron chi connectivity index (χ1n) is 22.8. The van der Waals surface area contributed by atoms with Gasteiger partial charge in [-0.2, -0.15) is 4.98 Å². The third-order valence-corrected chi connectivity index (χ3v) is 14.6. The van der Waals surface area contributed by atoms with Crippen LogP contribution in [0.4, 0.5) is 27.5 Å². The number of benzene rings is 2. The van der Waals surface area contributed by atoms with E-state index in [4.69, 9.17) is 21.3 Å². The van der Waals surface area contributed by atoms with Gasteiger partial charge in [0, 0.05) is 74.4 Å². The molecule has 344 valence electrons. The van der Waals surface area contributed by atoms with Crippen LogP contribution in [0.2, 0.25) is 5.02 Å². The van der Waals surface area contributed by atoms with Crippen LogP contribution in [0.25, 0.3) is 10.9 Å². The lowest BCUT2D eigenvalue weighted by atomic mass is 9.71. The Morgan fingerprint density at radius 1 is 0.969 bits per heavy atom. The van der Waals surface area contributed by atoms with Crippen molar-refractivity contribution in [3.05, 3.63) is 74.9 Å². The van der Waals surface area contributed by atoms with Crippen LogP contribution in [0.5, 0.6) is 5.75 Å². The summed E-state index contributed by atoms with van der Waals surface area (Å²) >= 11 is 6.62. The van der Waals surface area contributed by atoms with Crippen molar-refractivity contribution in [2.45, 2.75) is 83.8 Å². The summed E-state index contributed by atoms with van der Waals surface area (Å²) in [5, 5.41) is 9.30. The van der Waals surface area contributed by atoms with Crippen LogP contribution in [-0.4, -0.2) is 113 Å². The molecule has 3 N–H and O–H groups in total. The Balaban J connectivity index is 0.760. The minimum Gasteiger partial charge on any atom is -0.478 e. The van der Waals surface area contributed by atoms with Gasteiger partial charge in [-0.25, -0.2) is 9.37 Å². The van der Waals surface area contributed by atoms with Gasteiger partial charge in [0.05, 0.1) is 23.9 Å². The van der Waals surface area contributed by atoms with Crippen molar-refractivity contribution in [1.82, 2.24) is 35.0 Å². The number of pyridine rings is 1. The average Bonchev–Trinajstić information content (AvgIpc) is 3.64. The Bertz CT molecular complexity index is 2580. The quantitative estimate of drug-likeness (QED) is 0.164. The number of anilines is 4. The second kappa shape index (κ2) is 18.2. The standard InChI is InChI=1S/C47H56ClFN10O6/c1-28(2)59-35-6-4-31(22-30(35)23-38(45(59)64)65-27-40(61)50-3)52-42-34(48)24-51-46(54-42)57-16-10-29(11-17-57)25-55-18-12-47(13-19-55)14-20-56(21-15-47)36-7-5-32-33(41(36)49)26-58(44(32)63)37-8-9-39(60)53-43(37)62/h4-7,22-24,28-29,37H,8-21,25-27H2,1-3H3,(H,50,61)(H,51,52,54)(H,53,60,62). The van der Waals surface area contributed by atoms with E-state index in [2.05, 4.69) is 35.6 Å². The summed E-state index contributed by atoms with van der Waals surface area (Å²) in [6.07, 6.45) is 8.31. The van der Waals surface area contributed by atoms with Crippen molar-refractivity contribution in [2.24, 2.45) is 11.3 Å². The van der Waals surface area contributed by atoms with Crippen molar-refractivity contribution in [2.75, 3.05) is 74.6 Å². The SMILES string of the molecule is CNC(=O)COc1cc2cc(Nc3nc(N4CCC(CN5CCC6(CC5)CCN(c5ccc7c(c5F)CN(C5CCC(=O)NC5=O)C7=O)CC6)CC4)ncc3Cl)ccc2n(C(C)C)c1=O. The predicted molar refractivity (Wildman–Crippen MR) is 245 cm³/mol. The Morgan fingerprint density at radius 3 is 2.42 bits per heavy atom. The highest BCUT2D eigenvalue weighted by molar-refractivity contribution is 6.33. The van der Waals surface area contributed by atoms with E-state index in [1.54, 1.807) is 29.0 Å². The van der Waals surface area contributed by atoms with E-state index in [-0.39, 0.29) is 72.3 Å². The maximum absolute atomic E-state index is 16.1. The lowest BCUT2D eigenvalue weighted by Gasteiger charge is -2.48. The number of ether oxygens (including phenoxy) is 1. The highest BCUT2D eigenvalue weighted by Gasteiger charge is 2.42. The number of nitrogens with one attached hydrogen (secondary N) is 3. The third kappa shape index (κ3) is 8.96. The molecule has 4 saturated heterocycles. The topological polar surface area (TPSA) is 174 Å². The fourth-order valence-electron chi connectivity index (χ4n) is 10.4. The molecule has 1 atom stereocenters. The molecule has 0 saturated carbocycles. The summed E-state index contributed by atoms with van der Waals surface area (Å²) in [6.45, 7) is 9.96. The number of likely N-dealkylation sites (tertiary alicyclic amines) is 1. The number of carbonyl (C=O) groups is 4. The molecule has 9 rings (SSSR count). The zero-order chi connectivity index (χ0) is 45.6. The van der Waals surface area contributed by atoms with Gasteiger partial charge in [-0.15, -0.1) is 0 Å². The zero-order valence-corrected chi connectivity index (χ0v) is 37.9. The van der Waals surface area contributed by atoms with Gasteiger partial charge >= 0.3 is 0 Å². The van der Waals surface area contributed by atoms with Gasteiger partial charge in [0.15, 0.2) is 24.0 Å². The van der Waals surface area contributed by atoms with Crippen LogP contribution in [0.3, 0.4) is 0 Å². The Kier molecular flexibility index (Phi) is 12.4. The maximum Gasteiger partial charge on any atom is 0.293 e. The number of fused-ring (bicyclic) bond motifs is 2. The number of halogens is 2. The van der Waals surface area contributed by atoms with E-state index < -0.39 is 11.9 Å². The summed E-state index contributed by atoms with van der Waals surface area (Å²) in [5.74, 6) is -0.173. The smallest absolute Gasteiger partial charge is 0.293 e. The van der Waals surface area contributed by atoms with Gasteiger partial charge in [0.2, 0.25) is 17.8 Å². The first-order valence-corrected chi connectivity index (χ1v) is 23.2. The molecular weight excluding hydrogens is 855 g/mol. The Labute approximate surface area is 381 Å². The molecule has 7 heterocycles. The van der Waals surface area contributed by atoms with Crippen LogP contribution in [0.15, 0.2) is 47.4 Å². The summed E-state index contributed by atoms with van der Waals surface area (Å²) in [6, 6.07) is 9.81. The summed E-state index contributed by atoms with van der Waals surface area (Å²) < 4.78 is 23.4. The van der Waals surface area contributed by atoms with Gasteiger partial charge in [-0.3, -0.25) is 29.3 Å². The fraction of sp³-hybridized carbons (Fsp3) is 0.511. The third-order valence-electron chi connectivity index (χ3n) is 14.3. The first kappa shape index (κ1) is 44.4. The molecule has 4 fully saturated rings. The van der Waals surface area contributed by atoms with E-state index in [9.17, 15) is 24.0 Å². The number of nitrogens with zero attached hydrogens (tertiary/aromatic N) is 7. The van der Waals surface area contributed by atoms with E-state index in [0.717, 1.165) is 101 Å². The number of carbonyl (C=O) groups excluding carboxylic acids is 4. The molecule has 18 heteroatoms. The van der Waals surface area contributed by atoms with Crippen molar-refractivity contribution in [3.63, 3.8) is 0 Å². The van der Waals surface area contributed by atoms with E-state index in [0.29, 0.717) is 39.5 Å². The highest BCUT2D eigenvalue weighted by Crippen LogP contribution is 2.44. The van der Waals surface area contributed by atoms with Gasteiger partial charge < -0.3 is 39.5 Å². The number of imide groups is 1. The van der Waals surface area contributed by atoms with Crippen molar-refractivity contribution < 1.29 is 28.3 Å². The van der Waals surface area contributed by atoms with Gasteiger partial charge in [-0.05, 0) is 120 Å². The molecule has 0 bridgehead atoms. The van der Waals surface area contributed by atoms with Gasteiger partial charge in [-0.1, -0.05) is 11.6 Å². The van der Waals surface area contributed by atoms with Crippen LogP contribution in [0, 0.1) is 17.2 Å². The lowest BCUT2D eigenvalue weighted by Crippen LogP contribution is -2.52. The molecule has 65 heavy (non-hydrogen) atoms. The predicted octanol–water partition coefficient (Wildman–Crippen LogP) is 5.39. The molecule has 1 unspecified atom stereocenters. The number of piperidine rings is 4. The van der Waals surface area contributed by atoms with Crippen LogP contribution in [0.1, 0.15) is 87.2 Å². The first-order chi connectivity index (χ1) is 31.3. The number of rotatable bonds is 11. The number of amides is 4. The van der Waals surface area contributed by atoms with Crippen molar-refractivity contribution >= 4 is 69.3 Å². The minimum absolute atomic E-state index is 0.0293. The molecule has 4 aromatic rings. The summed E-state index contributed by atoms with van der Waals surface area (Å²) in [4.78, 5) is 80.3. The molecule has 5 aliphatic rings. The van der Waals surface area contributed by atoms with Crippen LogP contribution < -0.4 is 36.0 Å². The summed E-state index contributed by atoms with van der Waals surface area (Å²) in [5.41, 5.74) is 2.54. The number of aromatic nitrogens is 3. The molecular formula is C47H56ClFN10O6. The van der Waals surface area contributed by atoms with Crippen molar-refractivity contribution in [3.8, 4) is 5.75 Å². The minimum atomic E-state index is -0.772. The number of hydrogen-bond acceptors (Lipinski definition) is 12. The molecule has 0 aliphatic carbocycles. The maximum atomic E-state index is 16.1. The lowest BCUT2D eigenvalue weighted by molar-refractivity contribution is -0.137. The number of hydrogen-bond donors (Lipinski definition) is 3. The number of likely N-dealkylation sites (N-methyl/N-ethyl adjacent to an activating group) is 1. The normalized spacial score (nSPS) is 20.4. The molecule has 16 nitrogen and oxygen atoms in total. The highest BCUT2D eigenvalue weighted by atomic mass is 35.5. The molecule has 4 amide bonds. The van der Waals surface area contributed by atoms with E-state index in [1.165, 1.54) is 11.9 Å². The molecule has 2 aromatic carbocycles. The molecule has 0 radical (unpaired) electrons. The molecule has 2 aromatic heterocycles. The monoisotopic (exact) mass is 910 g/mol. The molecule has 1 spiro atoms. The van der Waals surface area contributed by atoms with Crippen LogP contribution in [-0.2, 0) is 20.9 Å². The second-order valence-corrected chi connectivity index (χ2v) is 19.0. The average molecular weight is 911 g/mol. The van der Waals surface area contributed by atoms with E-state index >= 15 is 4.39 Å². The zero-order valence-electron chi connectivity index (χ0n) is 37.1. The molecule has 5 aliphatic heterocycles. The Morgan fingerprint density at radius 2 is 1.71 bits per heavy atom. The van der Waals surface area contributed by atoms with Gasteiger partial charge in [0.25, 0.3) is 17.4 Å². The van der Waals surface area contributed by atoms with Crippen LogP contribution >= 0.6 is 11.6 Å². The van der Waals surface area contributed by atoms with Crippen molar-refractivity contribution in [1.29, 1.82) is 0 Å². The fourth-order valence-corrected chi connectivity index (χ4v) is 10.6. The Hall–Kier alpha value is -5.81. The largest absolute Gasteiger partial charge is 0.478 e. The summed E-state index contributed by atoms with van der Waals surface area (Å²) in [7, 11) is 1.51. The second-order valence-electron chi connectivity index (χ2n) is 18.5. The van der Waals surface area contributed by atoms with E-state index in [1.807, 2.05) is 32.0 Å².